The van der Waals surface area contributed by atoms with Crippen molar-refractivity contribution in [3.8, 4) is 0 Å². The predicted molar refractivity (Wildman–Crippen MR) is 62.9 cm³/mol. The molecule has 0 atom stereocenters. The quantitative estimate of drug-likeness (QED) is 0.636. The average Bonchev–Trinajstić information content (AvgIpc) is 2.02. The molecule has 0 aliphatic heterocycles. The molecule has 1 fully saturated rings. The fourth-order valence-corrected chi connectivity index (χ4v) is 2.67. The summed E-state index contributed by atoms with van der Waals surface area (Å²) in [6, 6.07) is 0. The Bertz CT molecular complexity index is 192. The lowest BCUT2D eigenvalue weighted by Gasteiger charge is -2.32. The van der Waals surface area contributed by atoms with Crippen molar-refractivity contribution in [2.24, 2.45) is 17.3 Å². The molecule has 1 N–H and O–H groups in total. The van der Waals surface area contributed by atoms with Crippen LogP contribution >= 0.6 is 0 Å². The summed E-state index contributed by atoms with van der Waals surface area (Å²) in [7, 11) is 0. The summed E-state index contributed by atoms with van der Waals surface area (Å²) >= 11 is 0. The highest BCUT2D eigenvalue weighted by Crippen LogP contribution is 2.36. The molecule has 0 saturated heterocycles. The van der Waals surface area contributed by atoms with Gasteiger partial charge in [-0.1, -0.05) is 20.8 Å². The molecule has 0 aromatic carbocycles. The highest BCUT2D eigenvalue weighted by atomic mass is 14.4. The second-order valence-corrected chi connectivity index (χ2v) is 6.17. The van der Waals surface area contributed by atoms with Gasteiger partial charge in [-0.15, -0.1) is 0 Å². The van der Waals surface area contributed by atoms with Gasteiger partial charge in [0.1, 0.15) is 0 Å². The lowest BCUT2D eigenvalue weighted by Crippen LogP contribution is -2.22. The van der Waals surface area contributed by atoms with E-state index in [0.717, 1.165) is 11.6 Å². The van der Waals surface area contributed by atoms with E-state index in [1.807, 2.05) is 6.92 Å². The predicted octanol–water partition coefficient (Wildman–Crippen LogP) is 4.27. The lowest BCUT2D eigenvalue weighted by atomic mass is 9.74. The van der Waals surface area contributed by atoms with Crippen LogP contribution < -0.4 is 0 Å². The Morgan fingerprint density at radius 3 is 2.00 bits per heavy atom. The first-order chi connectivity index (χ1) is 6.38. The third kappa shape index (κ3) is 3.81. The molecule has 0 aromatic rings. The molecular weight excluding hydrogens is 170 g/mol. The van der Waals surface area contributed by atoms with Crippen molar-refractivity contribution < 1.29 is 0 Å². The van der Waals surface area contributed by atoms with Crippen molar-refractivity contribution in [2.75, 3.05) is 0 Å². The van der Waals surface area contributed by atoms with Crippen LogP contribution in [0.1, 0.15) is 59.8 Å². The minimum absolute atomic E-state index is 0.483. The molecule has 1 rings (SSSR count). The van der Waals surface area contributed by atoms with Crippen LogP contribution in [-0.2, 0) is 0 Å². The maximum atomic E-state index is 7.63. The number of hydrogen-bond donors (Lipinski definition) is 1. The minimum Gasteiger partial charge on any atom is -0.310 e. The monoisotopic (exact) mass is 195 g/mol. The highest BCUT2D eigenvalue weighted by Gasteiger charge is 2.25. The zero-order chi connectivity index (χ0) is 10.8. The van der Waals surface area contributed by atoms with Gasteiger partial charge in [0.25, 0.3) is 0 Å². The van der Waals surface area contributed by atoms with Crippen molar-refractivity contribution in [3.63, 3.8) is 0 Å². The standard InChI is InChI=1S/C13H25N/c1-10(14)12-7-5-11(6-8-12)9-13(2,3)4/h11-12,14H,5-9H2,1-4H3. The molecule has 1 heteroatoms. The van der Waals surface area contributed by atoms with E-state index in [4.69, 9.17) is 5.41 Å². The van der Waals surface area contributed by atoms with Gasteiger partial charge in [-0.2, -0.15) is 0 Å². The molecule has 0 spiro atoms. The van der Waals surface area contributed by atoms with E-state index in [0.29, 0.717) is 11.3 Å². The van der Waals surface area contributed by atoms with Gasteiger partial charge < -0.3 is 5.41 Å². The summed E-state index contributed by atoms with van der Waals surface area (Å²) in [6.45, 7) is 8.97. The molecule has 0 unspecified atom stereocenters. The van der Waals surface area contributed by atoms with E-state index >= 15 is 0 Å². The molecule has 1 aliphatic rings. The zero-order valence-corrected chi connectivity index (χ0v) is 10.2. The molecule has 1 aliphatic carbocycles. The summed E-state index contributed by atoms with van der Waals surface area (Å²) in [5, 5.41) is 7.63. The van der Waals surface area contributed by atoms with Crippen LogP contribution in [0.25, 0.3) is 0 Å². The maximum absolute atomic E-state index is 7.63. The number of rotatable bonds is 2. The van der Waals surface area contributed by atoms with Crippen molar-refractivity contribution in [2.45, 2.75) is 59.8 Å². The Kier molecular flexibility index (Phi) is 3.74. The topological polar surface area (TPSA) is 23.9 Å². The maximum Gasteiger partial charge on any atom is 0.00891 e. The van der Waals surface area contributed by atoms with E-state index in [9.17, 15) is 0 Å². The zero-order valence-electron chi connectivity index (χ0n) is 10.2. The first-order valence-electron chi connectivity index (χ1n) is 5.93. The van der Waals surface area contributed by atoms with Crippen LogP contribution in [0.3, 0.4) is 0 Å². The van der Waals surface area contributed by atoms with Crippen molar-refractivity contribution in [3.05, 3.63) is 0 Å². The van der Waals surface area contributed by atoms with Crippen molar-refractivity contribution in [1.82, 2.24) is 0 Å². The van der Waals surface area contributed by atoms with E-state index in [1.165, 1.54) is 32.1 Å². The minimum atomic E-state index is 0.483. The summed E-state index contributed by atoms with van der Waals surface area (Å²) in [5.41, 5.74) is 1.39. The summed E-state index contributed by atoms with van der Waals surface area (Å²) < 4.78 is 0. The molecule has 0 heterocycles. The number of hydrogen-bond acceptors (Lipinski definition) is 1. The normalized spacial score (nSPS) is 28.9. The van der Waals surface area contributed by atoms with Crippen molar-refractivity contribution in [1.29, 1.82) is 5.41 Å². The average molecular weight is 195 g/mol. The van der Waals surface area contributed by atoms with Crippen LogP contribution in [0.5, 0.6) is 0 Å². The third-order valence-corrected chi connectivity index (χ3v) is 3.36. The molecule has 1 nitrogen and oxygen atoms in total. The first kappa shape index (κ1) is 11.7. The van der Waals surface area contributed by atoms with Crippen LogP contribution in [0, 0.1) is 22.7 Å². The van der Waals surface area contributed by atoms with Gasteiger partial charge in [0, 0.05) is 5.71 Å². The Morgan fingerprint density at radius 2 is 1.64 bits per heavy atom. The van der Waals surface area contributed by atoms with Gasteiger partial charge in [-0.3, -0.25) is 0 Å². The van der Waals surface area contributed by atoms with E-state index in [2.05, 4.69) is 20.8 Å². The van der Waals surface area contributed by atoms with Gasteiger partial charge in [0.2, 0.25) is 0 Å². The summed E-state index contributed by atoms with van der Waals surface area (Å²) in [6.07, 6.45) is 6.57. The number of nitrogens with one attached hydrogen (secondary N) is 1. The molecule has 0 radical (unpaired) electrons. The second-order valence-electron chi connectivity index (χ2n) is 6.17. The lowest BCUT2D eigenvalue weighted by molar-refractivity contribution is 0.225. The van der Waals surface area contributed by atoms with E-state index < -0.39 is 0 Å². The summed E-state index contributed by atoms with van der Waals surface area (Å²) in [5.74, 6) is 1.52. The van der Waals surface area contributed by atoms with Gasteiger partial charge in [-0.05, 0) is 56.3 Å². The van der Waals surface area contributed by atoms with Crippen LogP contribution in [0.4, 0.5) is 0 Å². The largest absolute Gasteiger partial charge is 0.310 e. The Morgan fingerprint density at radius 1 is 1.14 bits per heavy atom. The van der Waals surface area contributed by atoms with Gasteiger partial charge in [0.05, 0.1) is 0 Å². The fraction of sp³-hybridized carbons (Fsp3) is 0.923. The fourth-order valence-electron chi connectivity index (χ4n) is 2.67. The molecule has 0 aromatic heterocycles. The van der Waals surface area contributed by atoms with Crippen LogP contribution in [-0.4, -0.2) is 5.71 Å². The Hall–Kier alpha value is -0.330. The first-order valence-corrected chi connectivity index (χ1v) is 5.93. The van der Waals surface area contributed by atoms with Gasteiger partial charge in [-0.25, -0.2) is 0 Å². The Labute approximate surface area is 88.8 Å². The van der Waals surface area contributed by atoms with Gasteiger partial charge in [0.15, 0.2) is 0 Å². The molecule has 14 heavy (non-hydrogen) atoms. The summed E-state index contributed by atoms with van der Waals surface area (Å²) in [4.78, 5) is 0. The molecule has 1 saturated carbocycles. The van der Waals surface area contributed by atoms with E-state index in [1.54, 1.807) is 0 Å². The highest BCUT2D eigenvalue weighted by molar-refractivity contribution is 5.81. The smallest absolute Gasteiger partial charge is 0.00891 e. The second kappa shape index (κ2) is 4.46. The van der Waals surface area contributed by atoms with E-state index in [-0.39, 0.29) is 0 Å². The molecular formula is C13H25N. The molecule has 0 bridgehead atoms. The third-order valence-electron chi connectivity index (χ3n) is 3.36. The SMILES string of the molecule is CC(=N)C1CCC(CC(C)(C)C)CC1. The van der Waals surface area contributed by atoms with Crippen LogP contribution in [0.15, 0.2) is 0 Å². The molecule has 82 valence electrons. The van der Waals surface area contributed by atoms with Crippen LogP contribution in [0.2, 0.25) is 0 Å². The Balaban J connectivity index is 2.33. The van der Waals surface area contributed by atoms with Gasteiger partial charge >= 0.3 is 0 Å². The molecule has 0 amide bonds. The van der Waals surface area contributed by atoms with Crippen molar-refractivity contribution >= 4 is 5.71 Å².